The third-order valence-corrected chi connectivity index (χ3v) is 4.11. The molecule has 1 heterocycles. The number of ether oxygens (including phenoxy) is 2. The van der Waals surface area contributed by atoms with E-state index in [4.69, 9.17) is 15.2 Å². The van der Waals surface area contributed by atoms with E-state index in [1.54, 1.807) is 19.1 Å². The lowest BCUT2D eigenvalue weighted by Gasteiger charge is -2.26. The van der Waals surface area contributed by atoms with Crippen LogP contribution in [0.3, 0.4) is 0 Å². The molecule has 0 unspecified atom stereocenters. The Balaban J connectivity index is 2.59. The van der Waals surface area contributed by atoms with Gasteiger partial charge in [0, 0.05) is 15.0 Å². The largest absolute Gasteiger partial charge is 0.462 e. The van der Waals surface area contributed by atoms with Crippen molar-refractivity contribution in [3.8, 4) is 5.75 Å². The zero-order valence-electron chi connectivity index (χ0n) is 11.5. The van der Waals surface area contributed by atoms with E-state index in [2.05, 4.69) is 31.9 Å². The van der Waals surface area contributed by atoms with Crippen LogP contribution in [0.15, 0.2) is 32.5 Å². The van der Waals surface area contributed by atoms with Crippen LogP contribution in [-0.2, 0) is 9.53 Å². The molecule has 0 amide bonds. The third kappa shape index (κ3) is 3.25. The number of hydrogen-bond donors (Lipinski definition) is 1. The molecule has 0 fully saturated rings. The molecule has 9 heteroatoms. The molecule has 0 bridgehead atoms. The number of carbonyl (C=O) groups is 1. The molecule has 1 atom stereocenters. The van der Waals surface area contributed by atoms with E-state index in [1.165, 1.54) is 0 Å². The smallest absolute Gasteiger partial charge is 0.340 e. The van der Waals surface area contributed by atoms with Crippen molar-refractivity contribution in [1.82, 2.24) is 0 Å². The minimum Gasteiger partial charge on any atom is -0.462 e. The van der Waals surface area contributed by atoms with E-state index in [0.717, 1.165) is 0 Å². The van der Waals surface area contributed by atoms with E-state index in [0.29, 0.717) is 20.3 Å². The lowest BCUT2D eigenvalue weighted by Crippen LogP contribution is -2.30. The highest BCUT2D eigenvalue weighted by atomic mass is 79.9. The zero-order chi connectivity index (χ0) is 16.4. The van der Waals surface area contributed by atoms with Crippen molar-refractivity contribution in [3.63, 3.8) is 0 Å². The SMILES string of the molecule is CCOC(=O)C1=C(N)Oc2c(Br)cc(Br)cc2[C@H]1C[N+](=O)[O-]. The number of nitrogens with zero attached hydrogens (tertiary/aromatic N) is 1. The van der Waals surface area contributed by atoms with Gasteiger partial charge in [-0.1, -0.05) is 15.9 Å². The Bertz CT molecular complexity index is 675. The van der Waals surface area contributed by atoms with Crippen LogP contribution in [0.2, 0.25) is 0 Å². The van der Waals surface area contributed by atoms with E-state index in [9.17, 15) is 14.9 Å². The van der Waals surface area contributed by atoms with Crippen molar-refractivity contribution < 1.29 is 19.2 Å². The molecule has 0 aromatic heterocycles. The van der Waals surface area contributed by atoms with Gasteiger partial charge in [-0.2, -0.15) is 0 Å². The summed E-state index contributed by atoms with van der Waals surface area (Å²) in [5.74, 6) is -1.37. The average molecular weight is 436 g/mol. The van der Waals surface area contributed by atoms with E-state index in [-0.39, 0.29) is 18.1 Å². The van der Waals surface area contributed by atoms with E-state index >= 15 is 0 Å². The van der Waals surface area contributed by atoms with Gasteiger partial charge < -0.3 is 15.2 Å². The molecular weight excluding hydrogens is 424 g/mol. The fraction of sp³-hybridized carbons (Fsp3) is 0.308. The lowest BCUT2D eigenvalue weighted by atomic mass is 9.88. The first-order valence-electron chi connectivity index (χ1n) is 6.30. The second-order valence-corrected chi connectivity index (χ2v) is 6.24. The summed E-state index contributed by atoms with van der Waals surface area (Å²) in [5, 5.41) is 11.0. The summed E-state index contributed by atoms with van der Waals surface area (Å²) < 4.78 is 11.7. The maximum absolute atomic E-state index is 12.1. The van der Waals surface area contributed by atoms with Gasteiger partial charge in [-0.05, 0) is 35.0 Å². The number of hydrogen-bond acceptors (Lipinski definition) is 6. The second-order valence-electron chi connectivity index (χ2n) is 4.47. The molecule has 22 heavy (non-hydrogen) atoms. The summed E-state index contributed by atoms with van der Waals surface area (Å²) in [7, 11) is 0. The average Bonchev–Trinajstić information content (AvgIpc) is 2.40. The Labute approximate surface area is 142 Å². The number of benzene rings is 1. The van der Waals surface area contributed by atoms with Crippen LogP contribution in [0.4, 0.5) is 0 Å². The maximum atomic E-state index is 12.1. The molecule has 0 saturated carbocycles. The molecule has 1 aliphatic heterocycles. The fourth-order valence-corrected chi connectivity index (χ4v) is 3.57. The van der Waals surface area contributed by atoms with Crippen LogP contribution in [0.1, 0.15) is 18.4 Å². The summed E-state index contributed by atoms with van der Waals surface area (Å²) in [6.07, 6.45) is 0. The number of rotatable bonds is 4. The van der Waals surface area contributed by atoms with E-state index < -0.39 is 23.4 Å². The molecule has 7 nitrogen and oxygen atoms in total. The molecule has 118 valence electrons. The highest BCUT2D eigenvalue weighted by Gasteiger charge is 2.38. The van der Waals surface area contributed by atoms with Gasteiger partial charge >= 0.3 is 5.97 Å². The minimum absolute atomic E-state index is 0.0314. The van der Waals surface area contributed by atoms with Crippen LogP contribution < -0.4 is 10.5 Å². The van der Waals surface area contributed by atoms with Gasteiger partial charge in [-0.3, -0.25) is 10.1 Å². The van der Waals surface area contributed by atoms with E-state index in [1.807, 2.05) is 0 Å². The number of carbonyl (C=O) groups excluding carboxylic acids is 1. The van der Waals surface area contributed by atoms with Gasteiger partial charge in [0.2, 0.25) is 12.4 Å². The monoisotopic (exact) mass is 434 g/mol. The molecule has 0 radical (unpaired) electrons. The van der Waals surface area contributed by atoms with Crippen LogP contribution >= 0.6 is 31.9 Å². The second kappa shape index (κ2) is 6.66. The Morgan fingerprint density at radius 1 is 1.50 bits per heavy atom. The number of nitrogens with two attached hydrogens (primary N) is 1. The normalized spacial score (nSPS) is 16.8. The molecule has 1 aromatic carbocycles. The predicted octanol–water partition coefficient (Wildman–Crippen LogP) is 2.70. The van der Waals surface area contributed by atoms with Gasteiger partial charge in [0.05, 0.1) is 17.0 Å². The Morgan fingerprint density at radius 2 is 2.18 bits per heavy atom. The van der Waals surface area contributed by atoms with Crippen LogP contribution in [0, 0.1) is 10.1 Å². The molecule has 2 N–H and O–H groups in total. The van der Waals surface area contributed by atoms with Crippen molar-refractivity contribution in [2.45, 2.75) is 12.8 Å². The van der Waals surface area contributed by atoms with Gasteiger partial charge in [0.15, 0.2) is 0 Å². The molecule has 1 aromatic rings. The molecule has 1 aliphatic rings. The minimum atomic E-state index is -0.841. The Kier molecular flexibility index (Phi) is 5.07. The predicted molar refractivity (Wildman–Crippen MR) is 84.9 cm³/mol. The number of nitro groups is 1. The number of fused-ring (bicyclic) bond motifs is 1. The Morgan fingerprint density at radius 3 is 2.77 bits per heavy atom. The van der Waals surface area contributed by atoms with Gasteiger partial charge in [0.1, 0.15) is 11.3 Å². The first kappa shape index (κ1) is 16.8. The number of halogens is 2. The van der Waals surface area contributed by atoms with Gasteiger partial charge in [-0.15, -0.1) is 0 Å². The first-order chi connectivity index (χ1) is 10.3. The molecule has 0 saturated heterocycles. The first-order valence-corrected chi connectivity index (χ1v) is 7.89. The third-order valence-electron chi connectivity index (χ3n) is 3.07. The van der Waals surface area contributed by atoms with Gasteiger partial charge in [0.25, 0.3) is 0 Å². The standard InChI is InChI=1S/C13H12Br2N2O5/c1-2-21-13(18)10-8(5-17(19)20)7-3-6(14)4-9(15)11(7)22-12(10)16/h3-4,8H,2,5,16H2,1H3/t8-/m1/s1. The lowest BCUT2D eigenvalue weighted by molar-refractivity contribution is -0.482. The summed E-state index contributed by atoms with van der Waals surface area (Å²) in [4.78, 5) is 22.6. The molecule has 0 aliphatic carbocycles. The van der Waals surface area contributed by atoms with Crippen molar-refractivity contribution >= 4 is 37.8 Å². The number of esters is 1. The van der Waals surface area contributed by atoms with Crippen LogP contribution in [0.5, 0.6) is 5.75 Å². The zero-order valence-corrected chi connectivity index (χ0v) is 14.6. The van der Waals surface area contributed by atoms with Crippen molar-refractivity contribution in [1.29, 1.82) is 0 Å². The summed E-state index contributed by atoms with van der Waals surface area (Å²) in [6.45, 7) is 1.28. The van der Waals surface area contributed by atoms with Crippen molar-refractivity contribution in [3.05, 3.63) is 48.2 Å². The Hall–Kier alpha value is -1.61. The highest BCUT2D eigenvalue weighted by Crippen LogP contribution is 2.44. The van der Waals surface area contributed by atoms with Crippen LogP contribution in [0.25, 0.3) is 0 Å². The molecular formula is C13H12Br2N2O5. The van der Waals surface area contributed by atoms with Crippen LogP contribution in [-0.4, -0.2) is 24.0 Å². The fourth-order valence-electron chi connectivity index (χ4n) is 2.23. The van der Waals surface area contributed by atoms with Gasteiger partial charge in [-0.25, -0.2) is 4.79 Å². The molecule has 2 rings (SSSR count). The summed E-state index contributed by atoms with van der Waals surface area (Å²) in [5.41, 5.74) is 6.26. The highest BCUT2D eigenvalue weighted by molar-refractivity contribution is 9.11. The van der Waals surface area contributed by atoms with Crippen molar-refractivity contribution in [2.24, 2.45) is 5.73 Å². The summed E-state index contributed by atoms with van der Waals surface area (Å²) >= 11 is 6.64. The summed E-state index contributed by atoms with van der Waals surface area (Å²) in [6, 6.07) is 3.39. The maximum Gasteiger partial charge on any atom is 0.340 e. The molecule has 0 spiro atoms. The van der Waals surface area contributed by atoms with Crippen molar-refractivity contribution in [2.75, 3.05) is 13.2 Å². The topological polar surface area (TPSA) is 105 Å². The quantitative estimate of drug-likeness (QED) is 0.442.